The minimum absolute atomic E-state index is 0.777. The maximum atomic E-state index is 4.08. The van der Waals surface area contributed by atoms with Crippen molar-refractivity contribution < 1.29 is 0 Å². The molecule has 3 rings (SSSR count). The van der Waals surface area contributed by atoms with Crippen LogP contribution in [0.5, 0.6) is 0 Å². The summed E-state index contributed by atoms with van der Waals surface area (Å²) in [7, 11) is 0. The molecule has 0 aliphatic heterocycles. The van der Waals surface area contributed by atoms with Crippen LogP contribution in [0, 0.1) is 11.8 Å². The number of unbranched alkanes of at least 4 members (excludes halogenated alkanes) is 2. The fourth-order valence-electron chi connectivity index (χ4n) is 5.35. The van der Waals surface area contributed by atoms with Gasteiger partial charge >= 0.3 is 0 Å². The first-order chi connectivity index (χ1) is 15.0. The summed E-state index contributed by atoms with van der Waals surface area (Å²) < 4.78 is 2.59. The van der Waals surface area contributed by atoms with Crippen molar-refractivity contribution >= 4 is 31.9 Å². The van der Waals surface area contributed by atoms with Gasteiger partial charge in [0, 0.05) is 14.5 Å². The van der Waals surface area contributed by atoms with E-state index in [1.165, 1.54) is 89.8 Å². The van der Waals surface area contributed by atoms with Gasteiger partial charge < -0.3 is 0 Å². The molecule has 0 fully saturated rings. The molecule has 0 saturated carbocycles. The van der Waals surface area contributed by atoms with Crippen LogP contribution in [-0.2, 0) is 19.3 Å². The van der Waals surface area contributed by atoms with Gasteiger partial charge in [0.05, 0.1) is 0 Å². The fraction of sp³-hybridized carbons (Fsp3) is 0.586. The second-order valence-electron chi connectivity index (χ2n) is 9.51. The largest absolute Gasteiger partial charge is 0.0654 e. The van der Waals surface area contributed by atoms with E-state index in [4.69, 9.17) is 0 Å². The molecule has 0 spiro atoms. The van der Waals surface area contributed by atoms with Gasteiger partial charge in [-0.1, -0.05) is 103 Å². The summed E-state index contributed by atoms with van der Waals surface area (Å²) in [6.07, 6.45) is 14.1. The summed E-state index contributed by atoms with van der Waals surface area (Å²) in [6, 6.07) is 9.02. The van der Waals surface area contributed by atoms with Gasteiger partial charge in [0.2, 0.25) is 0 Å². The quantitative estimate of drug-likeness (QED) is 0.211. The van der Waals surface area contributed by atoms with E-state index in [9.17, 15) is 0 Å². The van der Waals surface area contributed by atoms with Crippen molar-refractivity contribution in [1.82, 2.24) is 0 Å². The molecular formula is C29H40Br2. The second kappa shape index (κ2) is 12.0. The highest BCUT2D eigenvalue weighted by atomic mass is 79.9. The molecule has 0 nitrogen and oxygen atoms in total. The van der Waals surface area contributed by atoms with E-state index in [2.05, 4.69) is 83.8 Å². The lowest BCUT2D eigenvalue weighted by molar-refractivity contribution is 0.433. The molecule has 2 unspecified atom stereocenters. The van der Waals surface area contributed by atoms with E-state index in [-0.39, 0.29) is 0 Å². The highest BCUT2D eigenvalue weighted by Crippen LogP contribution is 2.49. The van der Waals surface area contributed by atoms with Crippen molar-refractivity contribution in [2.45, 2.75) is 98.3 Å². The molecule has 1 aliphatic rings. The molecule has 0 amide bonds. The highest BCUT2D eigenvalue weighted by molar-refractivity contribution is 9.13. The first-order valence-corrected chi connectivity index (χ1v) is 14.2. The molecule has 2 heteroatoms. The number of hydrogen-bond donors (Lipinski definition) is 0. The summed E-state index contributed by atoms with van der Waals surface area (Å²) in [6.45, 7) is 9.40. The van der Waals surface area contributed by atoms with Gasteiger partial charge in [-0.05, 0) is 90.8 Å². The third-order valence-electron chi connectivity index (χ3n) is 7.43. The molecule has 2 aromatic carbocycles. The van der Waals surface area contributed by atoms with E-state index in [0.29, 0.717) is 0 Å². The lowest BCUT2D eigenvalue weighted by Gasteiger charge is -2.25. The van der Waals surface area contributed by atoms with Gasteiger partial charge in [-0.3, -0.25) is 0 Å². The van der Waals surface area contributed by atoms with Crippen molar-refractivity contribution in [3.8, 4) is 11.1 Å². The second-order valence-corrected chi connectivity index (χ2v) is 11.1. The van der Waals surface area contributed by atoms with Gasteiger partial charge in [-0.25, -0.2) is 0 Å². The monoisotopic (exact) mass is 546 g/mol. The molecule has 0 N–H and O–H groups in total. The Hall–Kier alpha value is -0.600. The molecule has 31 heavy (non-hydrogen) atoms. The summed E-state index contributed by atoms with van der Waals surface area (Å²) in [5.41, 5.74) is 9.23. The molecule has 170 valence electrons. The summed E-state index contributed by atoms with van der Waals surface area (Å²) in [5.74, 6) is 1.56. The maximum absolute atomic E-state index is 4.08. The van der Waals surface area contributed by atoms with E-state index in [1.54, 1.807) is 16.7 Å². The van der Waals surface area contributed by atoms with Gasteiger partial charge in [0.25, 0.3) is 0 Å². The van der Waals surface area contributed by atoms with Crippen molar-refractivity contribution in [2.75, 3.05) is 0 Å². The zero-order valence-corrected chi connectivity index (χ0v) is 23.2. The summed E-state index contributed by atoms with van der Waals surface area (Å²) >= 11 is 8.11. The Morgan fingerprint density at radius 3 is 1.94 bits per heavy atom. The Morgan fingerprint density at radius 1 is 0.774 bits per heavy atom. The maximum Gasteiger partial charge on any atom is 0.0401 e. The van der Waals surface area contributed by atoms with Crippen LogP contribution in [-0.4, -0.2) is 0 Å². The van der Waals surface area contributed by atoms with Crippen molar-refractivity contribution in [3.63, 3.8) is 0 Å². The Bertz CT molecular complexity index is 868. The number of rotatable bonds is 12. The third-order valence-corrected chi connectivity index (χ3v) is 9.63. The molecule has 0 radical (unpaired) electrons. The summed E-state index contributed by atoms with van der Waals surface area (Å²) in [4.78, 5) is 0. The number of hydrogen-bond acceptors (Lipinski definition) is 0. The lowest BCUT2D eigenvalue weighted by Crippen LogP contribution is -2.13. The minimum atomic E-state index is 0.777. The number of fused-ring (bicyclic) bond motifs is 3. The molecule has 2 aromatic rings. The molecule has 0 aromatic heterocycles. The van der Waals surface area contributed by atoms with Gasteiger partial charge in [-0.15, -0.1) is 0 Å². The highest BCUT2D eigenvalue weighted by Gasteiger charge is 2.29. The van der Waals surface area contributed by atoms with Crippen LogP contribution in [0.15, 0.2) is 33.2 Å². The average molecular weight is 548 g/mol. The zero-order chi connectivity index (χ0) is 22.4. The molecular weight excluding hydrogens is 508 g/mol. The first kappa shape index (κ1) is 25.0. The van der Waals surface area contributed by atoms with Crippen LogP contribution in [0.3, 0.4) is 0 Å². The average Bonchev–Trinajstić information content (AvgIpc) is 3.18. The van der Waals surface area contributed by atoms with Crippen LogP contribution < -0.4 is 0 Å². The first-order valence-electron chi connectivity index (χ1n) is 12.6. The van der Waals surface area contributed by atoms with Crippen LogP contribution in [0.25, 0.3) is 11.1 Å². The lowest BCUT2D eigenvalue weighted by atomic mass is 9.82. The normalized spacial score (nSPS) is 14.4. The third kappa shape index (κ3) is 5.67. The van der Waals surface area contributed by atoms with Crippen LogP contribution in [0.2, 0.25) is 0 Å². The van der Waals surface area contributed by atoms with Crippen LogP contribution >= 0.6 is 31.9 Å². The predicted molar refractivity (Wildman–Crippen MR) is 144 cm³/mol. The SMILES string of the molecule is CCCCC(CC)Cc1c(Br)c(Br)c2c(c1CC(CC)CCCC)Cc1ccccc1-2. The van der Waals surface area contributed by atoms with E-state index < -0.39 is 0 Å². The van der Waals surface area contributed by atoms with Crippen molar-refractivity contribution in [3.05, 3.63) is 55.5 Å². The van der Waals surface area contributed by atoms with Gasteiger partial charge in [-0.2, -0.15) is 0 Å². The summed E-state index contributed by atoms with van der Waals surface area (Å²) in [5, 5.41) is 0. The van der Waals surface area contributed by atoms with E-state index in [0.717, 1.165) is 18.3 Å². The zero-order valence-electron chi connectivity index (χ0n) is 20.0. The molecule has 2 atom stereocenters. The van der Waals surface area contributed by atoms with Gasteiger partial charge in [0.15, 0.2) is 0 Å². The Labute approximate surface area is 207 Å². The van der Waals surface area contributed by atoms with Crippen LogP contribution in [0.1, 0.15) is 101 Å². The van der Waals surface area contributed by atoms with Crippen molar-refractivity contribution in [1.29, 1.82) is 0 Å². The number of benzene rings is 2. The minimum Gasteiger partial charge on any atom is -0.0654 e. The molecule has 1 aliphatic carbocycles. The topological polar surface area (TPSA) is 0 Å². The molecule has 0 bridgehead atoms. The van der Waals surface area contributed by atoms with Gasteiger partial charge in [0.1, 0.15) is 0 Å². The Balaban J connectivity index is 2.09. The van der Waals surface area contributed by atoms with Crippen LogP contribution in [0.4, 0.5) is 0 Å². The standard InChI is InChI=1S/C29H40Br2/c1-5-9-13-20(7-3)17-24-25-19-22-15-11-12-16-23(22)27(25)29(31)28(30)26(24)18-21(8-4)14-10-6-2/h11-12,15-16,20-21H,5-10,13-14,17-19H2,1-4H3. The Kier molecular flexibility index (Phi) is 9.71. The molecule has 0 heterocycles. The smallest absolute Gasteiger partial charge is 0.0401 e. The molecule has 0 saturated heterocycles. The Morgan fingerprint density at radius 2 is 1.35 bits per heavy atom. The predicted octanol–water partition coefficient (Wildman–Crippen LogP) is 10.3. The fourth-order valence-corrected chi connectivity index (χ4v) is 6.64. The van der Waals surface area contributed by atoms with E-state index >= 15 is 0 Å². The number of halogens is 2. The van der Waals surface area contributed by atoms with Crippen molar-refractivity contribution in [2.24, 2.45) is 11.8 Å². The van der Waals surface area contributed by atoms with E-state index in [1.807, 2.05) is 0 Å².